The second-order valence-corrected chi connectivity index (χ2v) is 7.25. The Kier molecular flexibility index (Phi) is 7.85. The van der Waals surface area contributed by atoms with E-state index in [2.05, 4.69) is 32.6 Å². The van der Waals surface area contributed by atoms with Crippen molar-refractivity contribution in [2.45, 2.75) is 6.42 Å². The van der Waals surface area contributed by atoms with Gasteiger partial charge in [-0.25, -0.2) is 0 Å². The fraction of sp³-hybridized carbons (Fsp3) is 0.348. The van der Waals surface area contributed by atoms with Crippen molar-refractivity contribution in [3.05, 3.63) is 54.1 Å². The van der Waals surface area contributed by atoms with Crippen LogP contribution in [0, 0.1) is 11.3 Å². The van der Waals surface area contributed by atoms with Gasteiger partial charge in [0.2, 0.25) is 0 Å². The molecule has 162 valence electrons. The Morgan fingerprint density at radius 1 is 1.03 bits per heavy atom. The van der Waals surface area contributed by atoms with Crippen LogP contribution in [-0.4, -0.2) is 63.1 Å². The van der Waals surface area contributed by atoms with Crippen LogP contribution >= 0.6 is 0 Å². The van der Waals surface area contributed by atoms with Crippen LogP contribution < -0.4 is 20.3 Å². The summed E-state index contributed by atoms with van der Waals surface area (Å²) >= 11 is 0. The summed E-state index contributed by atoms with van der Waals surface area (Å²) in [5, 5.41) is 14.2. The highest BCUT2D eigenvalue weighted by atomic mass is 16.5. The Balaban J connectivity index is 1.34. The summed E-state index contributed by atoms with van der Waals surface area (Å²) in [6, 6.07) is 16.7. The maximum atomic E-state index is 12.0. The lowest BCUT2D eigenvalue weighted by Gasteiger charge is -2.36. The molecule has 0 aromatic heterocycles. The second kappa shape index (κ2) is 11.0. The molecule has 2 amide bonds. The highest BCUT2D eigenvalue weighted by Crippen LogP contribution is 2.20. The summed E-state index contributed by atoms with van der Waals surface area (Å²) in [5.41, 5.74) is 1.84. The topological polar surface area (TPSA) is 97.7 Å². The number of nitrogens with one attached hydrogen (secondary N) is 2. The fourth-order valence-electron chi connectivity index (χ4n) is 3.48. The van der Waals surface area contributed by atoms with Crippen molar-refractivity contribution < 1.29 is 14.3 Å². The van der Waals surface area contributed by atoms with Gasteiger partial charge in [-0.1, -0.05) is 12.1 Å². The van der Waals surface area contributed by atoms with E-state index in [1.165, 1.54) is 5.69 Å². The van der Waals surface area contributed by atoms with Crippen molar-refractivity contribution in [1.82, 2.24) is 10.2 Å². The normalized spacial score (nSPS) is 13.9. The second-order valence-electron chi connectivity index (χ2n) is 7.25. The number of piperazine rings is 1. The first kappa shape index (κ1) is 22.1. The van der Waals surface area contributed by atoms with E-state index in [1.54, 1.807) is 31.4 Å². The maximum Gasteiger partial charge on any atom is 0.313 e. The van der Waals surface area contributed by atoms with E-state index < -0.39 is 11.8 Å². The summed E-state index contributed by atoms with van der Waals surface area (Å²) in [5.74, 6) is -0.611. The van der Waals surface area contributed by atoms with Crippen molar-refractivity contribution in [3.63, 3.8) is 0 Å². The van der Waals surface area contributed by atoms with E-state index in [1.807, 2.05) is 18.2 Å². The molecule has 2 aromatic rings. The molecule has 3 rings (SSSR count). The zero-order valence-corrected chi connectivity index (χ0v) is 17.6. The first-order valence-electron chi connectivity index (χ1n) is 10.3. The SMILES string of the molecule is COc1ccc(N2CCN(CCCNC(=O)C(=O)Nc3ccccc3C#N)CC2)cc1. The number of methoxy groups -OCH3 is 1. The summed E-state index contributed by atoms with van der Waals surface area (Å²) in [6.45, 7) is 5.07. The smallest absolute Gasteiger partial charge is 0.313 e. The van der Waals surface area contributed by atoms with Gasteiger partial charge < -0.3 is 20.3 Å². The lowest BCUT2D eigenvalue weighted by molar-refractivity contribution is -0.136. The number of amides is 2. The van der Waals surface area contributed by atoms with E-state index >= 15 is 0 Å². The van der Waals surface area contributed by atoms with Crippen LogP contribution in [0.1, 0.15) is 12.0 Å². The number of hydrogen-bond acceptors (Lipinski definition) is 6. The molecule has 0 atom stereocenters. The summed E-state index contributed by atoms with van der Waals surface area (Å²) in [4.78, 5) is 28.7. The van der Waals surface area contributed by atoms with Gasteiger partial charge in [-0.3, -0.25) is 14.5 Å². The van der Waals surface area contributed by atoms with Crippen LogP contribution in [0.2, 0.25) is 0 Å². The van der Waals surface area contributed by atoms with Crippen molar-refractivity contribution in [1.29, 1.82) is 5.26 Å². The van der Waals surface area contributed by atoms with Crippen LogP contribution in [0.4, 0.5) is 11.4 Å². The molecule has 0 bridgehead atoms. The monoisotopic (exact) mass is 421 g/mol. The molecule has 31 heavy (non-hydrogen) atoms. The summed E-state index contributed by atoms with van der Waals surface area (Å²) in [6.07, 6.45) is 0.760. The number of anilines is 2. The minimum absolute atomic E-state index is 0.317. The van der Waals surface area contributed by atoms with Gasteiger partial charge in [0.05, 0.1) is 18.4 Å². The standard InChI is InChI=1S/C23H27N5O3/c1-31-20-9-7-19(8-10-20)28-15-13-27(14-16-28)12-4-11-25-22(29)23(30)26-21-6-3-2-5-18(21)17-24/h2-3,5-10H,4,11-16H2,1H3,(H,25,29)(H,26,30). The molecule has 1 aliphatic heterocycles. The predicted molar refractivity (Wildman–Crippen MR) is 119 cm³/mol. The van der Waals surface area contributed by atoms with Gasteiger partial charge in [0.1, 0.15) is 11.8 Å². The number of ether oxygens (including phenoxy) is 1. The fourth-order valence-corrected chi connectivity index (χ4v) is 3.48. The zero-order valence-electron chi connectivity index (χ0n) is 17.6. The van der Waals surface area contributed by atoms with Crippen LogP contribution in [0.3, 0.4) is 0 Å². The quantitative estimate of drug-likeness (QED) is 0.523. The first-order chi connectivity index (χ1) is 15.1. The number of benzene rings is 2. The van der Waals surface area contributed by atoms with Crippen LogP contribution in [0.5, 0.6) is 5.75 Å². The van der Waals surface area contributed by atoms with Crippen LogP contribution in [-0.2, 0) is 9.59 Å². The highest BCUT2D eigenvalue weighted by Gasteiger charge is 2.18. The molecule has 0 spiro atoms. The number of rotatable bonds is 7. The van der Waals surface area contributed by atoms with E-state index in [9.17, 15) is 9.59 Å². The molecule has 1 saturated heterocycles. The third-order valence-electron chi connectivity index (χ3n) is 5.25. The molecule has 1 aliphatic rings. The Labute approximate surface area is 182 Å². The predicted octanol–water partition coefficient (Wildman–Crippen LogP) is 1.83. The van der Waals surface area contributed by atoms with E-state index in [0.717, 1.165) is 44.9 Å². The molecule has 0 saturated carbocycles. The number of hydrogen-bond donors (Lipinski definition) is 2. The van der Waals surface area contributed by atoms with Gasteiger partial charge in [0.25, 0.3) is 0 Å². The molecule has 1 fully saturated rings. The molecule has 8 nitrogen and oxygen atoms in total. The highest BCUT2D eigenvalue weighted by molar-refractivity contribution is 6.39. The minimum Gasteiger partial charge on any atom is -0.497 e. The van der Waals surface area contributed by atoms with E-state index in [4.69, 9.17) is 10.00 Å². The lowest BCUT2D eigenvalue weighted by atomic mass is 10.2. The van der Waals surface area contributed by atoms with Crippen molar-refractivity contribution in [2.24, 2.45) is 0 Å². The Morgan fingerprint density at radius 3 is 2.42 bits per heavy atom. The zero-order chi connectivity index (χ0) is 22.1. The number of nitriles is 1. The molecule has 8 heteroatoms. The Hall–Kier alpha value is -3.57. The van der Waals surface area contributed by atoms with Gasteiger partial charge in [-0.05, 0) is 49.4 Å². The molecule has 2 aromatic carbocycles. The molecule has 2 N–H and O–H groups in total. The Bertz CT molecular complexity index is 931. The minimum atomic E-state index is -0.768. The molecular weight excluding hydrogens is 394 g/mol. The molecule has 0 aliphatic carbocycles. The number of carbonyl (C=O) groups excluding carboxylic acids is 2. The maximum absolute atomic E-state index is 12.0. The third kappa shape index (κ3) is 6.20. The molecule has 0 radical (unpaired) electrons. The number of carbonyl (C=O) groups is 2. The average Bonchev–Trinajstić information content (AvgIpc) is 2.82. The molecular formula is C23H27N5O3. The Morgan fingerprint density at radius 2 is 1.74 bits per heavy atom. The first-order valence-corrected chi connectivity index (χ1v) is 10.3. The van der Waals surface area contributed by atoms with Gasteiger partial charge in [-0.15, -0.1) is 0 Å². The van der Waals surface area contributed by atoms with Crippen molar-refractivity contribution in [3.8, 4) is 11.8 Å². The van der Waals surface area contributed by atoms with Crippen LogP contribution in [0.25, 0.3) is 0 Å². The molecule has 0 unspecified atom stereocenters. The number of nitrogens with zero attached hydrogens (tertiary/aromatic N) is 3. The largest absolute Gasteiger partial charge is 0.497 e. The lowest BCUT2D eigenvalue weighted by Crippen LogP contribution is -2.47. The average molecular weight is 422 g/mol. The van der Waals surface area contributed by atoms with Gasteiger partial charge in [0, 0.05) is 38.4 Å². The van der Waals surface area contributed by atoms with Crippen LogP contribution in [0.15, 0.2) is 48.5 Å². The van der Waals surface area contributed by atoms with Gasteiger partial charge in [0.15, 0.2) is 0 Å². The number of para-hydroxylation sites is 1. The van der Waals surface area contributed by atoms with E-state index in [0.29, 0.717) is 17.8 Å². The van der Waals surface area contributed by atoms with E-state index in [-0.39, 0.29) is 0 Å². The van der Waals surface area contributed by atoms with Crippen molar-refractivity contribution in [2.75, 3.05) is 56.6 Å². The van der Waals surface area contributed by atoms with Gasteiger partial charge in [-0.2, -0.15) is 5.26 Å². The summed E-state index contributed by atoms with van der Waals surface area (Å²) in [7, 11) is 1.66. The summed E-state index contributed by atoms with van der Waals surface area (Å²) < 4.78 is 5.21. The van der Waals surface area contributed by atoms with Gasteiger partial charge >= 0.3 is 11.8 Å². The third-order valence-corrected chi connectivity index (χ3v) is 5.25. The molecule has 1 heterocycles. The van der Waals surface area contributed by atoms with Crippen molar-refractivity contribution >= 4 is 23.2 Å².